The quantitative estimate of drug-likeness (QED) is 0.679. The first-order chi connectivity index (χ1) is 5.83. The summed E-state index contributed by atoms with van der Waals surface area (Å²) in [5.74, 6) is 0. The number of nitrogens with one attached hydrogen (secondary N) is 2. The fraction of sp³-hybridized carbons (Fsp3) is 0. The molecule has 1 aromatic rings. The Balaban J connectivity index is 2.43. The molecule has 0 radical (unpaired) electrons. The molecule has 5 heteroatoms. The van der Waals surface area contributed by atoms with Crippen LogP contribution in [-0.4, -0.2) is 6.03 Å². The molecule has 4 nitrogen and oxygen atoms in total. The van der Waals surface area contributed by atoms with E-state index in [1.165, 1.54) is 0 Å². The Morgan fingerprint density at radius 1 is 1.33 bits per heavy atom. The molecule has 0 saturated carbocycles. The van der Waals surface area contributed by atoms with Crippen LogP contribution in [0.1, 0.15) is 0 Å². The van der Waals surface area contributed by atoms with Crippen molar-refractivity contribution < 1.29 is 4.79 Å². The number of nitrogens with zero attached hydrogens (tertiary/aromatic N) is 1. The average molecular weight is 181 g/mol. The number of carbonyl (C=O) groups is 1. The van der Waals surface area contributed by atoms with Crippen molar-refractivity contribution in [1.82, 2.24) is 5.43 Å². The predicted octanol–water partition coefficient (Wildman–Crippen LogP) is 1.45. The van der Waals surface area contributed by atoms with Crippen molar-refractivity contribution in [1.29, 1.82) is 0 Å². The van der Waals surface area contributed by atoms with Crippen LogP contribution in [-0.2, 0) is 12.4 Å². The van der Waals surface area contributed by atoms with Gasteiger partial charge in [0.05, 0.1) is 5.69 Å². The van der Waals surface area contributed by atoms with Gasteiger partial charge in [0, 0.05) is 12.4 Å². The topological polar surface area (TPSA) is 53.5 Å². The lowest BCUT2D eigenvalue weighted by Gasteiger charge is -2.03. The Bertz CT molecular complexity index is 275. The second kappa shape index (κ2) is 4.40. The minimum atomic E-state index is -0.575. The minimum absolute atomic E-state index is 0.575. The lowest BCUT2D eigenvalue weighted by Crippen LogP contribution is -2.25. The lowest BCUT2D eigenvalue weighted by molar-refractivity contribution is 0.251. The highest BCUT2D eigenvalue weighted by Crippen LogP contribution is 2.02. The minimum Gasteiger partial charge on any atom is -0.297 e. The number of anilines is 1. The van der Waals surface area contributed by atoms with Crippen molar-refractivity contribution in [3.05, 3.63) is 30.3 Å². The Labute approximate surface area is 75.1 Å². The second-order valence-electron chi connectivity index (χ2n) is 2.01. The molecule has 12 heavy (non-hydrogen) atoms. The first-order valence-electron chi connectivity index (χ1n) is 3.27. The molecule has 0 spiro atoms. The van der Waals surface area contributed by atoms with Gasteiger partial charge in [-0.3, -0.25) is 5.43 Å². The fourth-order valence-corrected chi connectivity index (χ4v) is 0.716. The van der Waals surface area contributed by atoms with Crippen LogP contribution in [0.15, 0.2) is 34.7 Å². The van der Waals surface area contributed by atoms with Crippen molar-refractivity contribution in [2.24, 2.45) is 4.36 Å². The molecule has 0 atom stereocenters. The molecule has 1 aromatic carbocycles. The molecule has 2 N–H and O–H groups in total. The van der Waals surface area contributed by atoms with Crippen LogP contribution in [0.4, 0.5) is 10.5 Å². The van der Waals surface area contributed by atoms with Crippen LogP contribution >= 0.6 is 0 Å². The Morgan fingerprint density at radius 3 is 2.58 bits per heavy atom. The van der Waals surface area contributed by atoms with Crippen LogP contribution in [0.5, 0.6) is 0 Å². The van der Waals surface area contributed by atoms with Gasteiger partial charge in [-0.05, 0) is 12.1 Å². The number of hydrogen-bond acceptors (Lipinski definition) is 3. The molecule has 0 heterocycles. The monoisotopic (exact) mass is 181 g/mol. The molecule has 0 fully saturated rings. The third kappa shape index (κ3) is 2.63. The van der Waals surface area contributed by atoms with Crippen molar-refractivity contribution in [3.63, 3.8) is 0 Å². The average Bonchev–Trinajstić information content (AvgIpc) is 2.16. The number of hydrogen-bond donors (Lipinski definition) is 2. The Morgan fingerprint density at radius 2 is 2.00 bits per heavy atom. The highest BCUT2D eigenvalue weighted by molar-refractivity contribution is 7.47. The van der Waals surface area contributed by atoms with Crippen LogP contribution in [0.2, 0.25) is 0 Å². The van der Waals surface area contributed by atoms with Gasteiger partial charge in [0.15, 0.2) is 0 Å². The van der Waals surface area contributed by atoms with Gasteiger partial charge in [0.2, 0.25) is 0 Å². The van der Waals surface area contributed by atoms with Crippen LogP contribution in [0.3, 0.4) is 0 Å². The van der Waals surface area contributed by atoms with E-state index in [1.54, 1.807) is 0 Å². The largest absolute Gasteiger partial charge is 0.370 e. The van der Waals surface area contributed by atoms with E-state index in [2.05, 4.69) is 27.6 Å². The van der Waals surface area contributed by atoms with E-state index in [0.717, 1.165) is 5.69 Å². The maximum atomic E-state index is 10.5. The summed E-state index contributed by atoms with van der Waals surface area (Å²) in [7, 11) is 0. The van der Waals surface area contributed by atoms with Gasteiger partial charge in [-0.1, -0.05) is 18.2 Å². The number of hydrazine groups is 1. The smallest absolute Gasteiger partial charge is 0.297 e. The second-order valence-corrected chi connectivity index (χ2v) is 2.20. The Kier molecular flexibility index (Phi) is 3.16. The molecule has 0 aromatic heterocycles. The first kappa shape index (κ1) is 8.61. The molecule has 0 aliphatic carbocycles. The van der Waals surface area contributed by atoms with Gasteiger partial charge in [0.1, 0.15) is 0 Å². The van der Waals surface area contributed by atoms with Crippen molar-refractivity contribution >= 4 is 24.1 Å². The summed E-state index contributed by atoms with van der Waals surface area (Å²) in [4.78, 5) is 10.5. The molecular weight excluding hydrogens is 174 g/mol. The number of benzene rings is 1. The third-order valence-corrected chi connectivity index (χ3v) is 1.34. The Hall–Kier alpha value is -1.49. The highest BCUT2D eigenvalue weighted by atomic mass is 32.1. The normalized spacial score (nSPS) is 8.67. The van der Waals surface area contributed by atoms with E-state index in [0.29, 0.717) is 0 Å². The van der Waals surface area contributed by atoms with E-state index in [4.69, 9.17) is 0 Å². The summed E-state index contributed by atoms with van der Waals surface area (Å²) >= 11 is 4.16. The zero-order valence-corrected chi connectivity index (χ0v) is 6.97. The number of amides is 2. The zero-order chi connectivity index (χ0) is 8.81. The van der Waals surface area contributed by atoms with E-state index in [1.807, 2.05) is 30.3 Å². The molecule has 0 aliphatic rings. The van der Waals surface area contributed by atoms with Gasteiger partial charge in [-0.25, -0.2) is 10.2 Å². The predicted molar refractivity (Wildman–Crippen MR) is 48.4 cm³/mol. The summed E-state index contributed by atoms with van der Waals surface area (Å²) in [5, 5.41) is 0. The number of para-hydroxylation sites is 1. The summed E-state index contributed by atoms with van der Waals surface area (Å²) in [6.45, 7) is 0. The zero-order valence-electron chi connectivity index (χ0n) is 6.15. The van der Waals surface area contributed by atoms with E-state index in [9.17, 15) is 4.79 Å². The van der Waals surface area contributed by atoms with Crippen molar-refractivity contribution in [2.75, 3.05) is 5.43 Å². The summed E-state index contributed by atoms with van der Waals surface area (Å²) in [6, 6.07) is 8.62. The number of urea groups is 1. The summed E-state index contributed by atoms with van der Waals surface area (Å²) in [6.07, 6.45) is 0. The summed E-state index contributed by atoms with van der Waals surface area (Å²) < 4.78 is 2.97. The van der Waals surface area contributed by atoms with Crippen LogP contribution < -0.4 is 10.9 Å². The molecule has 0 saturated heterocycles. The van der Waals surface area contributed by atoms with E-state index >= 15 is 0 Å². The molecule has 0 aliphatic heterocycles. The lowest BCUT2D eigenvalue weighted by atomic mass is 10.3. The highest BCUT2D eigenvalue weighted by Gasteiger charge is 1.93. The maximum Gasteiger partial charge on any atom is 0.370 e. The SMILES string of the molecule is O=C(N=S)NNc1ccccc1. The number of rotatable bonds is 2. The van der Waals surface area contributed by atoms with Crippen molar-refractivity contribution in [3.8, 4) is 0 Å². The van der Waals surface area contributed by atoms with E-state index < -0.39 is 6.03 Å². The van der Waals surface area contributed by atoms with Crippen molar-refractivity contribution in [2.45, 2.75) is 0 Å². The van der Waals surface area contributed by atoms with Crippen LogP contribution in [0.25, 0.3) is 0 Å². The molecule has 0 unspecified atom stereocenters. The van der Waals surface area contributed by atoms with Crippen LogP contribution in [0, 0.1) is 0 Å². The molecule has 2 amide bonds. The molecule has 62 valence electrons. The first-order valence-corrected chi connectivity index (χ1v) is 3.64. The molecule has 0 bridgehead atoms. The van der Waals surface area contributed by atoms with E-state index in [-0.39, 0.29) is 0 Å². The van der Waals surface area contributed by atoms with Gasteiger partial charge in [0.25, 0.3) is 0 Å². The van der Waals surface area contributed by atoms with Gasteiger partial charge >= 0.3 is 6.03 Å². The molecular formula is C7H7N3OS. The molecule has 1 rings (SSSR count). The van der Waals surface area contributed by atoms with Gasteiger partial charge in [-0.15, -0.1) is 4.36 Å². The van der Waals surface area contributed by atoms with Gasteiger partial charge < -0.3 is 0 Å². The standard InChI is InChI=1S/C7H7N3OS/c11-7(10-12)9-8-6-4-2-1-3-5-6/h1-5,8H,(H,9,11). The summed E-state index contributed by atoms with van der Waals surface area (Å²) in [5.41, 5.74) is 5.71. The maximum absolute atomic E-state index is 10.5. The fourth-order valence-electron chi connectivity index (χ4n) is 0.670. The third-order valence-electron chi connectivity index (χ3n) is 1.17. The van der Waals surface area contributed by atoms with Gasteiger partial charge in [-0.2, -0.15) is 0 Å². The number of carbonyl (C=O) groups excluding carboxylic acids is 1.